The van der Waals surface area contributed by atoms with Gasteiger partial charge in [-0.25, -0.2) is 0 Å². The van der Waals surface area contributed by atoms with Gasteiger partial charge in [-0.2, -0.15) is 4.57 Å². The van der Waals surface area contributed by atoms with Crippen molar-refractivity contribution in [2.24, 2.45) is 0 Å². The van der Waals surface area contributed by atoms with Crippen molar-refractivity contribution in [1.29, 1.82) is 0 Å². The highest BCUT2D eigenvalue weighted by Crippen LogP contribution is 1.91. The molecule has 1 heterocycles. The zero-order chi connectivity index (χ0) is 6.69. The average molecular weight is 123 g/mol. The van der Waals surface area contributed by atoms with E-state index in [-0.39, 0.29) is 6.61 Å². The first-order valence-electron chi connectivity index (χ1n) is 2.75. The standard InChI is InChI=1S/C7H9NO/c1-8-4-2-7(6-9)3-5-8/h2-5,9H,1,6H2/q+1. The Morgan fingerprint density at radius 1 is 1.44 bits per heavy atom. The highest BCUT2D eigenvalue weighted by molar-refractivity contribution is 5.04. The number of aliphatic hydroxyl groups is 1. The minimum Gasteiger partial charge on any atom is -0.392 e. The summed E-state index contributed by atoms with van der Waals surface area (Å²) >= 11 is 0. The van der Waals surface area contributed by atoms with Gasteiger partial charge in [0.05, 0.1) is 6.61 Å². The highest BCUT2D eigenvalue weighted by Gasteiger charge is 1.91. The van der Waals surface area contributed by atoms with Crippen molar-refractivity contribution in [3.8, 4) is 0 Å². The van der Waals surface area contributed by atoms with E-state index in [4.69, 9.17) is 5.11 Å². The molecule has 0 aliphatic rings. The second kappa shape index (κ2) is 2.60. The third-order valence-corrected chi connectivity index (χ3v) is 1.14. The first-order chi connectivity index (χ1) is 4.33. The third-order valence-electron chi connectivity index (χ3n) is 1.14. The van der Waals surface area contributed by atoms with E-state index in [0.29, 0.717) is 0 Å². The van der Waals surface area contributed by atoms with Crippen LogP contribution in [0.3, 0.4) is 0 Å². The highest BCUT2D eigenvalue weighted by atomic mass is 16.3. The molecule has 1 N–H and O–H groups in total. The van der Waals surface area contributed by atoms with Crippen LogP contribution in [-0.4, -0.2) is 5.11 Å². The fourth-order valence-electron chi connectivity index (χ4n) is 0.594. The quantitative estimate of drug-likeness (QED) is 0.526. The van der Waals surface area contributed by atoms with Crippen LogP contribution in [0.4, 0.5) is 0 Å². The Morgan fingerprint density at radius 2 is 2.00 bits per heavy atom. The molecule has 2 nitrogen and oxygen atoms in total. The van der Waals surface area contributed by atoms with Crippen LogP contribution in [0, 0.1) is 7.05 Å². The van der Waals surface area contributed by atoms with Crippen molar-refractivity contribution >= 4 is 0 Å². The normalized spacial score (nSPS) is 9.56. The Kier molecular flexibility index (Phi) is 1.80. The molecule has 0 unspecified atom stereocenters. The number of aliphatic hydroxyl groups excluding tert-OH is 1. The molecule has 1 aromatic rings. The van der Waals surface area contributed by atoms with Gasteiger partial charge >= 0.3 is 0 Å². The van der Waals surface area contributed by atoms with Gasteiger partial charge in [0.1, 0.15) is 0 Å². The Hall–Kier alpha value is -0.890. The molecule has 1 rings (SSSR count). The number of nitrogens with zero attached hydrogens (tertiary/aromatic N) is 1. The second-order valence-corrected chi connectivity index (χ2v) is 1.88. The summed E-state index contributed by atoms with van der Waals surface area (Å²) in [6.45, 7) is 0.0981. The first-order valence-corrected chi connectivity index (χ1v) is 2.75. The second-order valence-electron chi connectivity index (χ2n) is 1.88. The molecule has 2 heteroatoms. The number of rotatable bonds is 1. The SMILES string of the molecule is [CH2][n+]1ccc(CO)cc1. The summed E-state index contributed by atoms with van der Waals surface area (Å²) < 4.78 is 1.68. The van der Waals surface area contributed by atoms with Crippen LogP contribution < -0.4 is 4.57 Å². The molecule has 0 atom stereocenters. The van der Waals surface area contributed by atoms with Crippen LogP contribution in [0.25, 0.3) is 0 Å². The lowest BCUT2D eigenvalue weighted by molar-refractivity contribution is -0.612. The van der Waals surface area contributed by atoms with Gasteiger partial charge in [-0.1, -0.05) is 0 Å². The molecule has 0 amide bonds. The van der Waals surface area contributed by atoms with E-state index in [1.54, 1.807) is 17.0 Å². The molecule has 1 aromatic heterocycles. The van der Waals surface area contributed by atoms with Crippen LogP contribution in [0.1, 0.15) is 5.56 Å². The molecule has 0 spiro atoms. The summed E-state index contributed by atoms with van der Waals surface area (Å²) in [5.74, 6) is 0. The van der Waals surface area contributed by atoms with Crippen LogP contribution in [0.5, 0.6) is 0 Å². The maximum atomic E-state index is 8.60. The zero-order valence-corrected chi connectivity index (χ0v) is 5.12. The lowest BCUT2D eigenvalue weighted by Gasteiger charge is -1.89. The summed E-state index contributed by atoms with van der Waals surface area (Å²) in [6.07, 6.45) is 3.59. The van der Waals surface area contributed by atoms with Crippen molar-refractivity contribution in [2.45, 2.75) is 6.61 Å². The Morgan fingerprint density at radius 3 is 2.44 bits per heavy atom. The topological polar surface area (TPSA) is 24.1 Å². The third kappa shape index (κ3) is 1.50. The van der Waals surface area contributed by atoms with Crippen molar-refractivity contribution < 1.29 is 9.67 Å². The van der Waals surface area contributed by atoms with E-state index >= 15 is 0 Å². The fraction of sp³-hybridized carbons (Fsp3) is 0.143. The van der Waals surface area contributed by atoms with Gasteiger partial charge in [-0.15, -0.1) is 0 Å². The van der Waals surface area contributed by atoms with Crippen LogP contribution >= 0.6 is 0 Å². The maximum Gasteiger partial charge on any atom is 0.206 e. The number of aromatic nitrogens is 1. The molecular weight excluding hydrogens is 114 g/mol. The van der Waals surface area contributed by atoms with Crippen molar-refractivity contribution in [3.63, 3.8) is 0 Å². The molecule has 0 bridgehead atoms. The van der Waals surface area contributed by atoms with E-state index in [2.05, 4.69) is 7.05 Å². The van der Waals surface area contributed by atoms with Crippen LogP contribution in [-0.2, 0) is 6.61 Å². The summed E-state index contributed by atoms with van der Waals surface area (Å²) in [5.41, 5.74) is 0.912. The smallest absolute Gasteiger partial charge is 0.206 e. The number of hydrogen-bond donors (Lipinski definition) is 1. The van der Waals surface area contributed by atoms with E-state index in [9.17, 15) is 0 Å². The molecule has 0 saturated carbocycles. The average Bonchev–Trinajstić information content (AvgIpc) is 1.90. The van der Waals surface area contributed by atoms with Gasteiger partial charge in [-0.05, 0) is 5.56 Å². The largest absolute Gasteiger partial charge is 0.392 e. The lowest BCUT2D eigenvalue weighted by Crippen LogP contribution is -2.23. The minimum atomic E-state index is 0.0981. The number of hydrogen-bond acceptors (Lipinski definition) is 1. The summed E-state index contributed by atoms with van der Waals surface area (Å²) in [7, 11) is 3.63. The van der Waals surface area contributed by atoms with Gasteiger partial charge in [0.25, 0.3) is 0 Å². The monoisotopic (exact) mass is 123 g/mol. The molecule has 0 fully saturated rings. The molecule has 9 heavy (non-hydrogen) atoms. The Bertz CT molecular complexity index is 181. The van der Waals surface area contributed by atoms with Crippen molar-refractivity contribution in [2.75, 3.05) is 0 Å². The van der Waals surface area contributed by atoms with E-state index in [1.165, 1.54) is 0 Å². The first kappa shape index (κ1) is 6.23. The van der Waals surface area contributed by atoms with Gasteiger partial charge < -0.3 is 5.11 Å². The zero-order valence-electron chi connectivity index (χ0n) is 5.12. The summed E-state index contributed by atoms with van der Waals surface area (Å²) in [5, 5.41) is 8.60. The van der Waals surface area contributed by atoms with Gasteiger partial charge in [0.15, 0.2) is 12.4 Å². The number of pyridine rings is 1. The van der Waals surface area contributed by atoms with Crippen molar-refractivity contribution in [1.82, 2.24) is 0 Å². The molecule has 0 saturated heterocycles. The fourth-order valence-corrected chi connectivity index (χ4v) is 0.594. The molecule has 47 valence electrons. The predicted octanol–water partition coefficient (Wildman–Crippen LogP) is 0.106. The Labute approximate surface area is 54.4 Å². The predicted molar refractivity (Wildman–Crippen MR) is 33.3 cm³/mol. The summed E-state index contributed by atoms with van der Waals surface area (Å²) in [4.78, 5) is 0. The molecule has 1 radical (unpaired) electrons. The maximum absolute atomic E-state index is 8.60. The van der Waals surface area contributed by atoms with Gasteiger partial charge in [0, 0.05) is 12.1 Å². The van der Waals surface area contributed by atoms with E-state index in [0.717, 1.165) is 5.56 Å². The molecule has 0 aliphatic heterocycles. The molecular formula is C7H9NO+. The van der Waals surface area contributed by atoms with Crippen LogP contribution in [0.15, 0.2) is 24.5 Å². The lowest BCUT2D eigenvalue weighted by atomic mass is 10.3. The van der Waals surface area contributed by atoms with E-state index in [1.807, 2.05) is 12.1 Å². The van der Waals surface area contributed by atoms with Gasteiger partial charge in [0.2, 0.25) is 7.05 Å². The van der Waals surface area contributed by atoms with E-state index < -0.39 is 0 Å². The molecule has 0 aromatic carbocycles. The van der Waals surface area contributed by atoms with Crippen molar-refractivity contribution in [3.05, 3.63) is 37.1 Å². The minimum absolute atomic E-state index is 0.0981. The summed E-state index contributed by atoms with van der Waals surface area (Å²) in [6, 6.07) is 3.65. The Balaban J connectivity index is 2.88. The van der Waals surface area contributed by atoms with Crippen LogP contribution in [0.2, 0.25) is 0 Å². The molecule has 0 aliphatic carbocycles. The van der Waals surface area contributed by atoms with Gasteiger partial charge in [-0.3, -0.25) is 0 Å².